The van der Waals surface area contributed by atoms with Gasteiger partial charge in [0.25, 0.3) is 0 Å². The van der Waals surface area contributed by atoms with E-state index in [-0.39, 0.29) is 12.8 Å². The Bertz CT molecular complexity index is 238. The van der Waals surface area contributed by atoms with Crippen LogP contribution in [0.3, 0.4) is 0 Å². The van der Waals surface area contributed by atoms with Gasteiger partial charge >= 0.3 is 0 Å². The summed E-state index contributed by atoms with van der Waals surface area (Å²) in [5.41, 5.74) is 1.27. The van der Waals surface area contributed by atoms with Crippen molar-refractivity contribution in [2.45, 2.75) is 25.2 Å². The number of nitrogens with zero attached hydrogens (tertiary/aromatic N) is 2. The van der Waals surface area contributed by atoms with Crippen molar-refractivity contribution in [3.05, 3.63) is 11.4 Å². The second kappa shape index (κ2) is 2.48. The smallest absolute Gasteiger partial charge is 0.137 e. The summed E-state index contributed by atoms with van der Waals surface area (Å²) in [7, 11) is 0. The van der Waals surface area contributed by atoms with Gasteiger partial charge in [0.05, 0.1) is 23.1 Å². The molecule has 5 heteroatoms. The molecule has 0 aliphatic heterocycles. The Morgan fingerprint density at radius 3 is 2.00 bits per heavy atom. The van der Waals surface area contributed by atoms with Gasteiger partial charge in [-0.3, -0.25) is 0 Å². The van der Waals surface area contributed by atoms with Crippen LogP contribution in [-0.4, -0.2) is 21.1 Å². The quantitative estimate of drug-likeness (QED) is 0.595. The first-order chi connectivity index (χ1) is 5.27. The van der Waals surface area contributed by atoms with Gasteiger partial charge in [-0.05, 0) is 0 Å². The number of hydrogen-bond donors (Lipinski definition) is 0. The molecule has 1 aromatic heterocycles. The molecule has 0 fully saturated rings. The molecule has 1 aliphatic carbocycles. The Labute approximate surface area is 66.6 Å². The molecule has 2 rings (SSSR count). The number of hydrogen-bond acceptors (Lipinski definition) is 3. The summed E-state index contributed by atoms with van der Waals surface area (Å²) in [6.45, 7) is 0. The van der Waals surface area contributed by atoms with Crippen molar-refractivity contribution in [1.82, 2.24) is 8.75 Å². The van der Waals surface area contributed by atoms with Crippen LogP contribution >= 0.6 is 11.7 Å². The van der Waals surface area contributed by atoms with E-state index in [1.165, 1.54) is 0 Å². The molecule has 0 radical (unpaired) electrons. The van der Waals surface area contributed by atoms with E-state index in [4.69, 9.17) is 0 Å². The third-order valence-electron chi connectivity index (χ3n) is 1.80. The standard InChI is InChI=1S/C6H6F2N2S/c7-3-1-5-6(2-4(3)8)10-11-9-5/h3-4H,1-2H2. The van der Waals surface area contributed by atoms with Crippen molar-refractivity contribution in [1.29, 1.82) is 0 Å². The zero-order chi connectivity index (χ0) is 7.84. The average Bonchev–Trinajstić information content (AvgIpc) is 2.36. The van der Waals surface area contributed by atoms with Crippen LogP contribution < -0.4 is 0 Å². The van der Waals surface area contributed by atoms with Crippen LogP contribution in [0.1, 0.15) is 11.4 Å². The van der Waals surface area contributed by atoms with Gasteiger partial charge in [0.15, 0.2) is 0 Å². The lowest BCUT2D eigenvalue weighted by molar-refractivity contribution is 0.154. The lowest BCUT2D eigenvalue weighted by atomic mass is 9.98. The second-order valence-electron chi connectivity index (χ2n) is 2.60. The summed E-state index contributed by atoms with van der Waals surface area (Å²) in [6.07, 6.45) is -2.59. The van der Waals surface area contributed by atoms with E-state index in [0.29, 0.717) is 11.4 Å². The highest BCUT2D eigenvalue weighted by atomic mass is 32.1. The molecule has 0 saturated carbocycles. The second-order valence-corrected chi connectivity index (χ2v) is 3.13. The van der Waals surface area contributed by atoms with E-state index in [2.05, 4.69) is 8.75 Å². The monoisotopic (exact) mass is 176 g/mol. The maximum absolute atomic E-state index is 12.7. The van der Waals surface area contributed by atoms with Crippen molar-refractivity contribution < 1.29 is 8.78 Å². The molecule has 0 spiro atoms. The predicted octanol–water partition coefficient (Wildman–Crippen LogP) is 1.31. The zero-order valence-electron chi connectivity index (χ0n) is 5.63. The number of rotatable bonds is 0. The highest BCUT2D eigenvalue weighted by Crippen LogP contribution is 2.23. The van der Waals surface area contributed by atoms with E-state index >= 15 is 0 Å². The summed E-state index contributed by atoms with van der Waals surface area (Å²) in [4.78, 5) is 0. The van der Waals surface area contributed by atoms with E-state index in [1.54, 1.807) is 0 Å². The summed E-state index contributed by atoms with van der Waals surface area (Å²) in [6, 6.07) is 0. The number of alkyl halides is 2. The van der Waals surface area contributed by atoms with Gasteiger partial charge < -0.3 is 0 Å². The van der Waals surface area contributed by atoms with Crippen molar-refractivity contribution in [3.8, 4) is 0 Å². The van der Waals surface area contributed by atoms with Gasteiger partial charge in [0, 0.05) is 12.8 Å². The van der Waals surface area contributed by atoms with E-state index in [0.717, 1.165) is 11.7 Å². The topological polar surface area (TPSA) is 25.8 Å². The van der Waals surface area contributed by atoms with Crippen LogP contribution in [-0.2, 0) is 12.8 Å². The highest BCUT2D eigenvalue weighted by molar-refractivity contribution is 6.99. The molecular weight excluding hydrogens is 170 g/mol. The Hall–Kier alpha value is -0.580. The lowest BCUT2D eigenvalue weighted by Gasteiger charge is -2.16. The first-order valence-corrected chi connectivity index (χ1v) is 4.09. The number of halogens is 2. The highest BCUT2D eigenvalue weighted by Gasteiger charge is 2.30. The molecule has 1 heterocycles. The Morgan fingerprint density at radius 1 is 1.09 bits per heavy atom. The van der Waals surface area contributed by atoms with Gasteiger partial charge in [-0.2, -0.15) is 8.75 Å². The van der Waals surface area contributed by atoms with Crippen LogP contribution in [0.5, 0.6) is 0 Å². The van der Waals surface area contributed by atoms with Crippen molar-refractivity contribution in [3.63, 3.8) is 0 Å². The zero-order valence-corrected chi connectivity index (χ0v) is 6.44. The minimum absolute atomic E-state index is 0.0903. The van der Waals surface area contributed by atoms with Crippen molar-refractivity contribution in [2.75, 3.05) is 0 Å². The fourth-order valence-electron chi connectivity index (χ4n) is 1.16. The minimum atomic E-state index is -1.38. The third kappa shape index (κ3) is 1.13. The van der Waals surface area contributed by atoms with Gasteiger partial charge in [-0.15, -0.1) is 0 Å². The maximum atomic E-state index is 12.7. The molecule has 11 heavy (non-hydrogen) atoms. The molecule has 2 nitrogen and oxygen atoms in total. The molecule has 0 saturated heterocycles. The molecule has 0 N–H and O–H groups in total. The molecule has 0 bridgehead atoms. The summed E-state index contributed by atoms with van der Waals surface area (Å²) in [5.74, 6) is 0. The average molecular weight is 176 g/mol. The Morgan fingerprint density at radius 2 is 1.55 bits per heavy atom. The molecule has 0 aromatic carbocycles. The van der Waals surface area contributed by atoms with E-state index in [1.807, 2.05) is 0 Å². The van der Waals surface area contributed by atoms with Crippen LogP contribution in [0.4, 0.5) is 8.78 Å². The first kappa shape index (κ1) is 7.09. The molecule has 1 aliphatic rings. The summed E-state index contributed by atoms with van der Waals surface area (Å²) >= 11 is 1.03. The van der Waals surface area contributed by atoms with Crippen LogP contribution in [0, 0.1) is 0 Å². The molecule has 60 valence electrons. The normalized spacial score (nSPS) is 30.0. The van der Waals surface area contributed by atoms with Gasteiger partial charge in [0.1, 0.15) is 12.3 Å². The third-order valence-corrected chi connectivity index (χ3v) is 2.41. The molecule has 2 atom stereocenters. The molecular formula is C6H6F2N2S. The summed E-state index contributed by atoms with van der Waals surface area (Å²) in [5, 5.41) is 0. The van der Waals surface area contributed by atoms with Crippen molar-refractivity contribution in [2.24, 2.45) is 0 Å². The number of fused-ring (bicyclic) bond motifs is 1. The maximum Gasteiger partial charge on any atom is 0.137 e. The molecule has 1 aromatic rings. The fourth-order valence-corrected chi connectivity index (χ4v) is 1.76. The largest absolute Gasteiger partial charge is 0.244 e. The Balaban J connectivity index is 2.30. The molecule has 0 amide bonds. The first-order valence-electron chi connectivity index (χ1n) is 3.36. The Kier molecular flexibility index (Phi) is 1.60. The lowest BCUT2D eigenvalue weighted by Crippen LogP contribution is -2.28. The van der Waals surface area contributed by atoms with Gasteiger partial charge in [-0.1, -0.05) is 0 Å². The van der Waals surface area contributed by atoms with Gasteiger partial charge in [-0.25, -0.2) is 8.78 Å². The van der Waals surface area contributed by atoms with E-state index in [9.17, 15) is 8.78 Å². The molecule has 2 unspecified atom stereocenters. The van der Waals surface area contributed by atoms with Gasteiger partial charge in [0.2, 0.25) is 0 Å². The van der Waals surface area contributed by atoms with E-state index < -0.39 is 12.3 Å². The predicted molar refractivity (Wildman–Crippen MR) is 37.1 cm³/mol. The van der Waals surface area contributed by atoms with Crippen LogP contribution in [0.2, 0.25) is 0 Å². The van der Waals surface area contributed by atoms with Crippen molar-refractivity contribution >= 4 is 11.7 Å². The fraction of sp³-hybridized carbons (Fsp3) is 0.667. The summed E-state index contributed by atoms with van der Waals surface area (Å²) < 4.78 is 33.1. The minimum Gasteiger partial charge on any atom is -0.244 e. The van der Waals surface area contributed by atoms with Crippen LogP contribution in [0.25, 0.3) is 0 Å². The SMILES string of the molecule is FC1Cc2nsnc2CC1F. The number of aromatic nitrogens is 2. The van der Waals surface area contributed by atoms with Crippen LogP contribution in [0.15, 0.2) is 0 Å².